The molecule has 1 aromatic carbocycles. The molecule has 1 heterocycles. The Hall–Kier alpha value is -1.62. The third-order valence-corrected chi connectivity index (χ3v) is 3.56. The monoisotopic (exact) mass is 251 g/mol. The largest absolute Gasteiger partial charge is 0.346 e. The van der Waals surface area contributed by atoms with Gasteiger partial charge in [-0.1, -0.05) is 12.1 Å². The minimum absolute atomic E-state index is 0.0993. The second kappa shape index (κ2) is 4.33. The number of rotatable bonds is 4. The average molecular weight is 251 g/mol. The molecule has 0 aliphatic carbocycles. The van der Waals surface area contributed by atoms with Crippen LogP contribution in [0.25, 0.3) is 10.9 Å². The van der Waals surface area contributed by atoms with E-state index < -0.39 is 9.84 Å². The van der Waals surface area contributed by atoms with Crippen LogP contribution in [0.1, 0.15) is 10.4 Å². The van der Waals surface area contributed by atoms with Gasteiger partial charge in [0.25, 0.3) is 0 Å². The smallest absolute Gasteiger partial charge is 0.150 e. The highest BCUT2D eigenvalue weighted by molar-refractivity contribution is 7.90. The lowest BCUT2D eigenvalue weighted by atomic mass is 10.2. The maximum absolute atomic E-state index is 11.1. The number of carbonyl (C=O) groups excluding carboxylic acids is 1. The first-order valence-corrected chi connectivity index (χ1v) is 7.27. The van der Waals surface area contributed by atoms with E-state index in [4.69, 9.17) is 0 Å². The molecule has 2 rings (SSSR count). The highest BCUT2D eigenvalue weighted by Crippen LogP contribution is 2.17. The quantitative estimate of drug-likeness (QED) is 0.774. The molecule has 0 bridgehead atoms. The number of hydrogen-bond donors (Lipinski definition) is 0. The van der Waals surface area contributed by atoms with Crippen LogP contribution in [-0.2, 0) is 16.4 Å². The Balaban J connectivity index is 2.37. The molecule has 17 heavy (non-hydrogen) atoms. The number of hydrogen-bond acceptors (Lipinski definition) is 3. The highest BCUT2D eigenvalue weighted by Gasteiger charge is 2.06. The topological polar surface area (TPSA) is 56.1 Å². The molecule has 0 unspecified atom stereocenters. The maximum atomic E-state index is 11.1. The molecule has 0 amide bonds. The van der Waals surface area contributed by atoms with E-state index in [9.17, 15) is 13.2 Å². The van der Waals surface area contributed by atoms with Crippen LogP contribution in [0, 0.1) is 0 Å². The average Bonchev–Trinajstić information content (AvgIpc) is 2.67. The zero-order valence-corrected chi connectivity index (χ0v) is 10.3. The summed E-state index contributed by atoms with van der Waals surface area (Å²) in [5.41, 5.74) is 1.48. The molecule has 90 valence electrons. The predicted molar refractivity (Wildman–Crippen MR) is 67.0 cm³/mol. The van der Waals surface area contributed by atoms with Gasteiger partial charge >= 0.3 is 0 Å². The van der Waals surface area contributed by atoms with E-state index in [2.05, 4.69) is 0 Å². The number of aromatic nitrogens is 1. The Morgan fingerprint density at radius 3 is 2.71 bits per heavy atom. The molecule has 1 aromatic heterocycles. The molecule has 0 fully saturated rings. The van der Waals surface area contributed by atoms with E-state index in [1.165, 1.54) is 6.26 Å². The number of fused-ring (bicyclic) bond motifs is 1. The number of carbonyl (C=O) groups is 1. The van der Waals surface area contributed by atoms with Gasteiger partial charge in [0, 0.05) is 30.1 Å². The Kier molecular flexibility index (Phi) is 3.02. The molecule has 2 aromatic rings. The van der Waals surface area contributed by atoms with E-state index in [0.717, 1.165) is 17.2 Å². The van der Waals surface area contributed by atoms with Gasteiger partial charge in [0.05, 0.1) is 5.75 Å². The minimum atomic E-state index is -2.97. The molecule has 0 saturated heterocycles. The van der Waals surface area contributed by atoms with Crippen LogP contribution in [0.15, 0.2) is 30.5 Å². The summed E-state index contributed by atoms with van der Waals surface area (Å²) >= 11 is 0. The fraction of sp³-hybridized carbons (Fsp3) is 0.250. The molecule has 0 aliphatic rings. The van der Waals surface area contributed by atoms with E-state index in [1.807, 2.05) is 22.9 Å². The first kappa shape index (κ1) is 11.9. The first-order chi connectivity index (χ1) is 7.99. The second-order valence-corrected chi connectivity index (χ2v) is 6.33. The molecular weight excluding hydrogens is 238 g/mol. The number of benzene rings is 1. The van der Waals surface area contributed by atoms with Crippen molar-refractivity contribution < 1.29 is 13.2 Å². The summed E-state index contributed by atoms with van der Waals surface area (Å²) in [6, 6.07) is 7.28. The van der Waals surface area contributed by atoms with Crippen LogP contribution in [0.2, 0.25) is 0 Å². The number of nitrogens with zero attached hydrogens (tertiary/aromatic N) is 1. The standard InChI is InChI=1S/C12H13NO3S/c1-17(15,16)7-6-13-5-4-11-3-2-10(9-14)8-12(11)13/h2-5,8-9H,6-7H2,1H3. The Labute approximate surface area is 99.8 Å². The maximum Gasteiger partial charge on any atom is 0.150 e. The molecule has 0 N–H and O–H groups in total. The van der Waals surface area contributed by atoms with Gasteiger partial charge < -0.3 is 4.57 Å². The van der Waals surface area contributed by atoms with E-state index >= 15 is 0 Å². The summed E-state index contributed by atoms with van der Waals surface area (Å²) in [7, 11) is -2.97. The predicted octanol–water partition coefficient (Wildman–Crippen LogP) is 1.50. The van der Waals surface area contributed by atoms with Crippen LogP contribution < -0.4 is 0 Å². The fourth-order valence-corrected chi connectivity index (χ4v) is 2.26. The molecule has 0 spiro atoms. The number of aldehydes is 1. The molecule has 5 heteroatoms. The molecular formula is C12H13NO3S. The van der Waals surface area contributed by atoms with Crippen molar-refractivity contribution in [2.24, 2.45) is 0 Å². The lowest BCUT2D eigenvalue weighted by molar-refractivity contribution is 0.112. The Bertz CT molecular complexity index is 655. The van der Waals surface area contributed by atoms with Crippen LogP contribution in [0.4, 0.5) is 0 Å². The summed E-state index contributed by atoms with van der Waals surface area (Å²) < 4.78 is 24.1. The van der Waals surface area contributed by atoms with Gasteiger partial charge in [-0.15, -0.1) is 0 Å². The van der Waals surface area contributed by atoms with E-state index in [0.29, 0.717) is 12.1 Å². The number of aryl methyl sites for hydroxylation is 1. The summed E-state index contributed by atoms with van der Waals surface area (Å²) in [5.74, 6) is 0.0993. The van der Waals surface area contributed by atoms with Crippen molar-refractivity contribution in [3.63, 3.8) is 0 Å². The van der Waals surface area contributed by atoms with Crippen molar-refractivity contribution in [1.29, 1.82) is 0 Å². The van der Waals surface area contributed by atoms with Crippen LogP contribution in [0.3, 0.4) is 0 Å². The molecule has 0 aliphatic heterocycles. The first-order valence-electron chi connectivity index (χ1n) is 5.21. The van der Waals surface area contributed by atoms with Crippen LogP contribution in [-0.4, -0.2) is 31.3 Å². The number of sulfone groups is 1. The zero-order chi connectivity index (χ0) is 12.5. The highest BCUT2D eigenvalue weighted by atomic mass is 32.2. The van der Waals surface area contributed by atoms with Crippen molar-refractivity contribution in [1.82, 2.24) is 4.57 Å². The van der Waals surface area contributed by atoms with Crippen molar-refractivity contribution in [3.8, 4) is 0 Å². The third-order valence-electron chi connectivity index (χ3n) is 2.64. The molecule has 0 atom stereocenters. The lowest BCUT2D eigenvalue weighted by Crippen LogP contribution is -2.10. The summed E-state index contributed by atoms with van der Waals surface area (Å²) in [6.45, 7) is 0.407. The Morgan fingerprint density at radius 2 is 2.06 bits per heavy atom. The van der Waals surface area contributed by atoms with Crippen LogP contribution >= 0.6 is 0 Å². The van der Waals surface area contributed by atoms with Crippen molar-refractivity contribution in [3.05, 3.63) is 36.0 Å². The lowest BCUT2D eigenvalue weighted by Gasteiger charge is -2.04. The normalized spacial score (nSPS) is 11.8. The molecule has 4 nitrogen and oxygen atoms in total. The SMILES string of the molecule is CS(=O)(=O)CCn1ccc2ccc(C=O)cc21. The van der Waals surface area contributed by atoms with Crippen molar-refractivity contribution in [2.45, 2.75) is 6.54 Å². The van der Waals surface area contributed by atoms with Gasteiger partial charge in [-0.3, -0.25) is 4.79 Å². The van der Waals surface area contributed by atoms with Gasteiger partial charge in [0.15, 0.2) is 0 Å². The Morgan fingerprint density at radius 1 is 1.29 bits per heavy atom. The molecule has 0 radical (unpaired) electrons. The van der Waals surface area contributed by atoms with Crippen molar-refractivity contribution in [2.75, 3.05) is 12.0 Å². The zero-order valence-electron chi connectivity index (χ0n) is 9.46. The van der Waals surface area contributed by atoms with Gasteiger partial charge in [-0.25, -0.2) is 8.42 Å². The van der Waals surface area contributed by atoms with E-state index in [1.54, 1.807) is 12.1 Å². The van der Waals surface area contributed by atoms with Crippen molar-refractivity contribution >= 4 is 27.0 Å². The van der Waals surface area contributed by atoms with Gasteiger partial charge in [0.1, 0.15) is 16.1 Å². The van der Waals surface area contributed by atoms with Crippen LogP contribution in [0.5, 0.6) is 0 Å². The van der Waals surface area contributed by atoms with Gasteiger partial charge in [0.2, 0.25) is 0 Å². The summed E-state index contributed by atoms with van der Waals surface area (Å²) in [6.07, 6.45) is 3.84. The fourth-order valence-electron chi connectivity index (χ4n) is 1.73. The summed E-state index contributed by atoms with van der Waals surface area (Å²) in [5, 5.41) is 1.00. The molecule has 0 saturated carbocycles. The van der Waals surface area contributed by atoms with Gasteiger partial charge in [-0.2, -0.15) is 0 Å². The summed E-state index contributed by atoms with van der Waals surface area (Å²) in [4.78, 5) is 10.7. The second-order valence-electron chi connectivity index (χ2n) is 4.08. The third kappa shape index (κ3) is 2.74. The van der Waals surface area contributed by atoms with Gasteiger partial charge in [-0.05, 0) is 17.5 Å². The minimum Gasteiger partial charge on any atom is -0.346 e. The van der Waals surface area contributed by atoms with E-state index in [-0.39, 0.29) is 5.75 Å².